The molecule has 0 aliphatic carbocycles. The standard InChI is InChI=1S/C17H22OS/c1-11-8-12(2)15(13(3)9-11)10-17(5,18)16-7-6-14(4)19-16/h6-9,18H,10H2,1-5H3. The van der Waals surface area contributed by atoms with Gasteiger partial charge in [-0.2, -0.15) is 0 Å². The Morgan fingerprint density at radius 2 is 1.63 bits per heavy atom. The van der Waals surface area contributed by atoms with Crippen LogP contribution in [0.3, 0.4) is 0 Å². The van der Waals surface area contributed by atoms with E-state index in [4.69, 9.17) is 0 Å². The molecule has 1 atom stereocenters. The molecule has 1 nitrogen and oxygen atoms in total. The van der Waals surface area contributed by atoms with Gasteiger partial charge in [0.1, 0.15) is 0 Å². The Hall–Kier alpha value is -1.12. The molecule has 0 spiro atoms. The molecule has 2 rings (SSSR count). The molecule has 0 saturated carbocycles. The van der Waals surface area contributed by atoms with Crippen LogP contribution in [0, 0.1) is 27.7 Å². The van der Waals surface area contributed by atoms with Crippen molar-refractivity contribution in [2.45, 2.75) is 46.6 Å². The van der Waals surface area contributed by atoms with Crippen molar-refractivity contribution in [3.05, 3.63) is 56.3 Å². The van der Waals surface area contributed by atoms with Crippen molar-refractivity contribution in [1.82, 2.24) is 0 Å². The van der Waals surface area contributed by atoms with Crippen LogP contribution >= 0.6 is 11.3 Å². The van der Waals surface area contributed by atoms with Gasteiger partial charge < -0.3 is 5.11 Å². The van der Waals surface area contributed by atoms with E-state index in [-0.39, 0.29) is 0 Å². The Morgan fingerprint density at radius 1 is 1.05 bits per heavy atom. The van der Waals surface area contributed by atoms with Gasteiger partial charge in [-0.3, -0.25) is 0 Å². The largest absolute Gasteiger partial charge is 0.384 e. The van der Waals surface area contributed by atoms with Gasteiger partial charge in [-0.25, -0.2) is 0 Å². The first-order valence-electron chi connectivity index (χ1n) is 6.65. The minimum Gasteiger partial charge on any atom is -0.384 e. The third-order valence-corrected chi connectivity index (χ3v) is 4.89. The fourth-order valence-corrected chi connectivity index (χ4v) is 3.56. The quantitative estimate of drug-likeness (QED) is 0.877. The number of rotatable bonds is 3. The maximum atomic E-state index is 10.8. The van der Waals surface area contributed by atoms with E-state index in [2.05, 4.69) is 45.9 Å². The molecular formula is C17H22OS. The molecule has 102 valence electrons. The predicted molar refractivity (Wildman–Crippen MR) is 83.0 cm³/mol. The van der Waals surface area contributed by atoms with E-state index >= 15 is 0 Å². The van der Waals surface area contributed by atoms with Crippen LogP contribution in [0.15, 0.2) is 24.3 Å². The molecule has 1 N–H and O–H groups in total. The van der Waals surface area contributed by atoms with Gasteiger partial charge in [-0.05, 0) is 63.4 Å². The first kappa shape index (κ1) is 14.3. The lowest BCUT2D eigenvalue weighted by Crippen LogP contribution is -2.24. The highest BCUT2D eigenvalue weighted by Crippen LogP contribution is 2.33. The average molecular weight is 274 g/mol. The zero-order chi connectivity index (χ0) is 14.2. The van der Waals surface area contributed by atoms with Crippen LogP contribution in [0.25, 0.3) is 0 Å². The third kappa shape index (κ3) is 3.07. The SMILES string of the molecule is Cc1cc(C)c(CC(C)(O)c2ccc(C)s2)c(C)c1. The number of hydrogen-bond acceptors (Lipinski definition) is 2. The molecule has 0 amide bonds. The Labute approximate surface area is 119 Å². The summed E-state index contributed by atoms with van der Waals surface area (Å²) >= 11 is 1.68. The second-order valence-corrected chi connectivity index (χ2v) is 7.03. The summed E-state index contributed by atoms with van der Waals surface area (Å²) in [5.41, 5.74) is 4.30. The Kier molecular flexibility index (Phi) is 3.84. The molecule has 0 bridgehead atoms. The van der Waals surface area contributed by atoms with E-state index in [1.807, 2.05) is 13.0 Å². The maximum Gasteiger partial charge on any atom is 0.1000 e. The van der Waals surface area contributed by atoms with Crippen LogP contribution in [-0.2, 0) is 12.0 Å². The second kappa shape index (κ2) is 5.10. The number of hydrogen-bond donors (Lipinski definition) is 1. The van der Waals surface area contributed by atoms with Crippen molar-refractivity contribution in [2.75, 3.05) is 0 Å². The van der Waals surface area contributed by atoms with Gasteiger partial charge in [0.05, 0.1) is 5.60 Å². The zero-order valence-electron chi connectivity index (χ0n) is 12.4. The molecule has 0 fully saturated rings. The topological polar surface area (TPSA) is 20.2 Å². The molecule has 0 saturated heterocycles. The summed E-state index contributed by atoms with van der Waals surface area (Å²) in [5, 5.41) is 10.8. The van der Waals surface area contributed by atoms with Crippen LogP contribution in [0.2, 0.25) is 0 Å². The van der Waals surface area contributed by atoms with Crippen molar-refractivity contribution in [3.8, 4) is 0 Å². The molecule has 1 aromatic carbocycles. The van der Waals surface area contributed by atoms with Crippen molar-refractivity contribution in [2.24, 2.45) is 0 Å². The first-order chi connectivity index (χ1) is 8.79. The summed E-state index contributed by atoms with van der Waals surface area (Å²) in [6.07, 6.45) is 0.672. The Balaban J connectivity index is 2.35. The smallest absolute Gasteiger partial charge is 0.1000 e. The van der Waals surface area contributed by atoms with Gasteiger partial charge in [0, 0.05) is 16.2 Å². The van der Waals surface area contributed by atoms with Crippen molar-refractivity contribution < 1.29 is 5.11 Å². The highest BCUT2D eigenvalue weighted by Gasteiger charge is 2.26. The van der Waals surface area contributed by atoms with Gasteiger partial charge in [0.15, 0.2) is 0 Å². The number of benzene rings is 1. The van der Waals surface area contributed by atoms with Crippen LogP contribution in [0.5, 0.6) is 0 Å². The summed E-state index contributed by atoms with van der Waals surface area (Å²) in [4.78, 5) is 2.29. The van der Waals surface area contributed by atoms with Crippen LogP contribution in [-0.4, -0.2) is 5.11 Å². The van der Waals surface area contributed by atoms with Crippen LogP contribution in [0.1, 0.15) is 38.9 Å². The zero-order valence-corrected chi connectivity index (χ0v) is 13.2. The summed E-state index contributed by atoms with van der Waals surface area (Å²) in [6, 6.07) is 8.50. The molecule has 0 aliphatic heterocycles. The fraction of sp³-hybridized carbons (Fsp3) is 0.412. The van der Waals surface area contributed by atoms with E-state index in [1.165, 1.54) is 27.1 Å². The summed E-state index contributed by atoms with van der Waals surface area (Å²) in [6.45, 7) is 10.4. The normalized spacial score (nSPS) is 14.4. The van der Waals surface area contributed by atoms with Crippen LogP contribution < -0.4 is 0 Å². The molecule has 1 heterocycles. The van der Waals surface area contributed by atoms with Gasteiger partial charge in [-0.1, -0.05) is 17.7 Å². The van der Waals surface area contributed by atoms with E-state index < -0.39 is 5.60 Å². The van der Waals surface area contributed by atoms with Crippen molar-refractivity contribution in [1.29, 1.82) is 0 Å². The molecule has 19 heavy (non-hydrogen) atoms. The number of aliphatic hydroxyl groups is 1. The summed E-state index contributed by atoms with van der Waals surface area (Å²) in [7, 11) is 0. The monoisotopic (exact) mass is 274 g/mol. The van der Waals surface area contributed by atoms with Gasteiger partial charge in [-0.15, -0.1) is 11.3 Å². The van der Waals surface area contributed by atoms with Crippen molar-refractivity contribution in [3.63, 3.8) is 0 Å². The molecular weight excluding hydrogens is 252 g/mol. The molecule has 0 aliphatic rings. The molecule has 0 radical (unpaired) electrons. The predicted octanol–water partition coefficient (Wildman–Crippen LogP) is 4.43. The number of thiophene rings is 1. The number of aryl methyl sites for hydroxylation is 4. The lowest BCUT2D eigenvalue weighted by Gasteiger charge is -2.24. The van der Waals surface area contributed by atoms with Gasteiger partial charge in [0.2, 0.25) is 0 Å². The minimum atomic E-state index is -0.788. The van der Waals surface area contributed by atoms with Crippen molar-refractivity contribution >= 4 is 11.3 Å². The van der Waals surface area contributed by atoms with E-state index in [0.717, 1.165) is 4.88 Å². The molecule has 2 heteroatoms. The van der Waals surface area contributed by atoms with Crippen LogP contribution in [0.4, 0.5) is 0 Å². The molecule has 1 unspecified atom stereocenters. The lowest BCUT2D eigenvalue weighted by atomic mass is 9.89. The van der Waals surface area contributed by atoms with Gasteiger partial charge in [0.25, 0.3) is 0 Å². The lowest BCUT2D eigenvalue weighted by molar-refractivity contribution is 0.0611. The molecule has 1 aromatic heterocycles. The van der Waals surface area contributed by atoms with E-state index in [0.29, 0.717) is 6.42 Å². The molecule has 2 aromatic rings. The maximum absolute atomic E-state index is 10.8. The minimum absolute atomic E-state index is 0.672. The highest BCUT2D eigenvalue weighted by molar-refractivity contribution is 7.12. The van der Waals surface area contributed by atoms with Gasteiger partial charge >= 0.3 is 0 Å². The average Bonchev–Trinajstić information content (AvgIpc) is 2.71. The van der Waals surface area contributed by atoms with E-state index in [1.54, 1.807) is 11.3 Å². The Bertz CT molecular complexity index is 570. The second-order valence-electron chi connectivity index (χ2n) is 5.74. The Morgan fingerprint density at radius 3 is 2.11 bits per heavy atom. The highest BCUT2D eigenvalue weighted by atomic mass is 32.1. The third-order valence-electron chi connectivity index (χ3n) is 3.63. The first-order valence-corrected chi connectivity index (χ1v) is 7.47. The summed E-state index contributed by atoms with van der Waals surface area (Å²) in [5.74, 6) is 0. The fourth-order valence-electron chi connectivity index (χ4n) is 2.64. The van der Waals surface area contributed by atoms with E-state index in [9.17, 15) is 5.11 Å². The summed E-state index contributed by atoms with van der Waals surface area (Å²) < 4.78 is 0.